The lowest BCUT2D eigenvalue weighted by atomic mass is 9.96. The summed E-state index contributed by atoms with van der Waals surface area (Å²) in [6, 6.07) is 1.81. The van der Waals surface area contributed by atoms with Gasteiger partial charge in [0.05, 0.1) is 6.54 Å². The monoisotopic (exact) mass is 196 g/mol. The second-order valence-electron chi connectivity index (χ2n) is 4.36. The summed E-state index contributed by atoms with van der Waals surface area (Å²) in [5, 5.41) is 6.57. The van der Waals surface area contributed by atoms with Gasteiger partial charge >= 0.3 is 0 Å². The fourth-order valence-electron chi connectivity index (χ4n) is 0.937. The highest BCUT2D eigenvalue weighted by atomic mass is 16.5. The third-order valence-corrected chi connectivity index (χ3v) is 1.79. The zero-order chi connectivity index (χ0) is 10.8. The Kier molecular flexibility index (Phi) is 2.93. The molecule has 0 aliphatic carbocycles. The number of carbonyl (C=O) groups is 1. The second kappa shape index (κ2) is 3.82. The van der Waals surface area contributed by atoms with Gasteiger partial charge in [-0.15, -0.1) is 0 Å². The van der Waals surface area contributed by atoms with Gasteiger partial charge in [0.1, 0.15) is 11.5 Å². The standard InChI is InChI=1S/C10H16N2O2/c1-7-5-8(12-14-7)6-11-9(13)10(2,3)4/h5H,6H2,1-4H3,(H,11,13). The van der Waals surface area contributed by atoms with Crippen LogP contribution in [-0.2, 0) is 11.3 Å². The highest BCUT2D eigenvalue weighted by Crippen LogP contribution is 2.12. The molecule has 0 spiro atoms. The normalized spacial score (nSPS) is 11.4. The largest absolute Gasteiger partial charge is 0.361 e. The third-order valence-electron chi connectivity index (χ3n) is 1.79. The molecule has 1 rings (SSSR count). The number of aromatic nitrogens is 1. The maximum absolute atomic E-state index is 11.5. The van der Waals surface area contributed by atoms with Crippen molar-refractivity contribution >= 4 is 5.91 Å². The van der Waals surface area contributed by atoms with Crippen molar-refractivity contribution < 1.29 is 9.32 Å². The summed E-state index contributed by atoms with van der Waals surface area (Å²) in [6.45, 7) is 7.86. The Balaban J connectivity index is 2.46. The number of aryl methyl sites for hydroxylation is 1. The predicted octanol–water partition coefficient (Wildman–Crippen LogP) is 1.65. The van der Waals surface area contributed by atoms with Crippen LogP contribution in [0.2, 0.25) is 0 Å². The van der Waals surface area contributed by atoms with Crippen molar-refractivity contribution in [3.8, 4) is 0 Å². The highest BCUT2D eigenvalue weighted by Gasteiger charge is 2.20. The molecule has 1 N–H and O–H groups in total. The van der Waals surface area contributed by atoms with E-state index in [4.69, 9.17) is 4.52 Å². The Hall–Kier alpha value is -1.32. The van der Waals surface area contributed by atoms with Gasteiger partial charge in [0.25, 0.3) is 0 Å². The molecule has 0 radical (unpaired) electrons. The molecule has 0 saturated heterocycles. The second-order valence-corrected chi connectivity index (χ2v) is 4.36. The molecule has 4 nitrogen and oxygen atoms in total. The van der Waals surface area contributed by atoms with Crippen LogP contribution < -0.4 is 5.32 Å². The number of rotatable bonds is 2. The molecule has 0 aliphatic heterocycles. The minimum atomic E-state index is -0.362. The van der Waals surface area contributed by atoms with Crippen LogP contribution in [0.25, 0.3) is 0 Å². The van der Waals surface area contributed by atoms with Crippen LogP contribution in [0.5, 0.6) is 0 Å². The summed E-state index contributed by atoms with van der Waals surface area (Å²) in [5.41, 5.74) is 0.388. The van der Waals surface area contributed by atoms with Gasteiger partial charge in [0, 0.05) is 11.5 Å². The molecule has 0 unspecified atom stereocenters. The number of carbonyl (C=O) groups excluding carboxylic acids is 1. The first-order valence-corrected chi connectivity index (χ1v) is 4.60. The minimum Gasteiger partial charge on any atom is -0.361 e. The average molecular weight is 196 g/mol. The molecule has 0 saturated carbocycles. The molecular formula is C10H16N2O2. The highest BCUT2D eigenvalue weighted by molar-refractivity contribution is 5.81. The first kappa shape index (κ1) is 10.8. The van der Waals surface area contributed by atoms with Crippen LogP contribution in [0.4, 0.5) is 0 Å². The number of nitrogens with one attached hydrogen (secondary N) is 1. The van der Waals surface area contributed by atoms with Gasteiger partial charge in [-0.25, -0.2) is 0 Å². The lowest BCUT2D eigenvalue weighted by molar-refractivity contribution is -0.128. The van der Waals surface area contributed by atoms with Crippen LogP contribution in [0.15, 0.2) is 10.6 Å². The Morgan fingerprint density at radius 2 is 2.21 bits per heavy atom. The fourth-order valence-corrected chi connectivity index (χ4v) is 0.937. The SMILES string of the molecule is Cc1cc(CNC(=O)C(C)(C)C)no1. The Morgan fingerprint density at radius 1 is 1.57 bits per heavy atom. The summed E-state index contributed by atoms with van der Waals surface area (Å²) in [4.78, 5) is 11.5. The van der Waals surface area contributed by atoms with Crippen molar-refractivity contribution in [1.82, 2.24) is 10.5 Å². The van der Waals surface area contributed by atoms with Crippen LogP contribution in [-0.4, -0.2) is 11.1 Å². The average Bonchev–Trinajstić information content (AvgIpc) is 2.45. The van der Waals surface area contributed by atoms with Crippen LogP contribution in [0.1, 0.15) is 32.2 Å². The number of amides is 1. The van der Waals surface area contributed by atoms with Crippen molar-refractivity contribution in [3.63, 3.8) is 0 Å². The molecule has 1 amide bonds. The van der Waals surface area contributed by atoms with Crippen molar-refractivity contribution in [3.05, 3.63) is 17.5 Å². The van der Waals surface area contributed by atoms with Crippen molar-refractivity contribution in [2.45, 2.75) is 34.2 Å². The maximum atomic E-state index is 11.5. The number of nitrogens with zero attached hydrogens (tertiary/aromatic N) is 1. The van der Waals surface area contributed by atoms with Gasteiger partial charge in [-0.05, 0) is 6.92 Å². The summed E-state index contributed by atoms with van der Waals surface area (Å²) < 4.78 is 4.88. The molecule has 1 heterocycles. The van der Waals surface area contributed by atoms with Crippen LogP contribution in [0.3, 0.4) is 0 Å². The summed E-state index contributed by atoms with van der Waals surface area (Å²) in [7, 11) is 0. The van der Waals surface area contributed by atoms with E-state index in [-0.39, 0.29) is 11.3 Å². The summed E-state index contributed by atoms with van der Waals surface area (Å²) in [5.74, 6) is 0.767. The van der Waals surface area contributed by atoms with E-state index in [0.29, 0.717) is 6.54 Å². The smallest absolute Gasteiger partial charge is 0.225 e. The molecule has 0 aliphatic rings. The number of hydrogen-bond acceptors (Lipinski definition) is 3. The van der Waals surface area contributed by atoms with Gasteiger partial charge in [-0.1, -0.05) is 25.9 Å². The van der Waals surface area contributed by atoms with Gasteiger partial charge in [0.2, 0.25) is 5.91 Å². The Morgan fingerprint density at radius 3 is 2.64 bits per heavy atom. The molecule has 0 atom stereocenters. The lowest BCUT2D eigenvalue weighted by Gasteiger charge is -2.16. The Labute approximate surface area is 83.7 Å². The van der Waals surface area contributed by atoms with E-state index in [1.54, 1.807) is 0 Å². The van der Waals surface area contributed by atoms with Crippen LogP contribution >= 0.6 is 0 Å². The van der Waals surface area contributed by atoms with E-state index in [2.05, 4.69) is 10.5 Å². The molecule has 1 aromatic heterocycles. The van der Waals surface area contributed by atoms with E-state index in [9.17, 15) is 4.79 Å². The topological polar surface area (TPSA) is 55.1 Å². The predicted molar refractivity (Wildman–Crippen MR) is 52.5 cm³/mol. The first-order valence-electron chi connectivity index (χ1n) is 4.60. The molecule has 78 valence electrons. The lowest BCUT2D eigenvalue weighted by Crippen LogP contribution is -2.34. The minimum absolute atomic E-state index is 0.0122. The zero-order valence-electron chi connectivity index (χ0n) is 9.05. The number of hydrogen-bond donors (Lipinski definition) is 1. The van der Waals surface area contributed by atoms with E-state index in [1.165, 1.54) is 0 Å². The molecule has 0 fully saturated rings. The zero-order valence-corrected chi connectivity index (χ0v) is 9.05. The molecule has 0 bridgehead atoms. The van der Waals surface area contributed by atoms with Crippen LogP contribution in [0, 0.1) is 12.3 Å². The van der Waals surface area contributed by atoms with Gasteiger partial charge in [-0.2, -0.15) is 0 Å². The van der Waals surface area contributed by atoms with Crippen molar-refractivity contribution in [2.75, 3.05) is 0 Å². The fraction of sp³-hybridized carbons (Fsp3) is 0.600. The quantitative estimate of drug-likeness (QED) is 0.782. The molecule has 1 aromatic rings. The Bertz CT molecular complexity index is 323. The molecule has 4 heteroatoms. The van der Waals surface area contributed by atoms with Gasteiger partial charge in [0.15, 0.2) is 0 Å². The van der Waals surface area contributed by atoms with Gasteiger partial charge < -0.3 is 9.84 Å². The van der Waals surface area contributed by atoms with Gasteiger partial charge in [-0.3, -0.25) is 4.79 Å². The third kappa shape index (κ3) is 2.87. The summed E-state index contributed by atoms with van der Waals surface area (Å²) in [6.07, 6.45) is 0. The molecule has 0 aromatic carbocycles. The summed E-state index contributed by atoms with van der Waals surface area (Å²) >= 11 is 0. The van der Waals surface area contributed by atoms with E-state index >= 15 is 0 Å². The maximum Gasteiger partial charge on any atom is 0.225 e. The van der Waals surface area contributed by atoms with E-state index < -0.39 is 0 Å². The van der Waals surface area contributed by atoms with E-state index in [0.717, 1.165) is 11.5 Å². The molecule has 14 heavy (non-hydrogen) atoms. The first-order chi connectivity index (χ1) is 6.39. The van der Waals surface area contributed by atoms with E-state index in [1.807, 2.05) is 33.8 Å². The molecular weight excluding hydrogens is 180 g/mol. The van der Waals surface area contributed by atoms with Crippen molar-refractivity contribution in [2.24, 2.45) is 5.41 Å². The van der Waals surface area contributed by atoms with Crippen molar-refractivity contribution in [1.29, 1.82) is 0 Å².